The molecule has 0 spiro atoms. The van der Waals surface area contributed by atoms with E-state index >= 15 is 0 Å². The molecule has 2 aromatic carbocycles. The van der Waals surface area contributed by atoms with Gasteiger partial charge in [0, 0.05) is 50.0 Å². The maximum absolute atomic E-state index is 12.8. The maximum Gasteiger partial charge on any atom is 0.254 e. The van der Waals surface area contributed by atoms with E-state index in [4.69, 9.17) is 4.74 Å². The lowest BCUT2D eigenvalue weighted by Gasteiger charge is -2.35. The van der Waals surface area contributed by atoms with Gasteiger partial charge in [0.15, 0.2) is 0 Å². The molecular weight excluding hydrogens is 402 g/mol. The van der Waals surface area contributed by atoms with Crippen LogP contribution in [0.25, 0.3) is 0 Å². The number of amides is 2. The van der Waals surface area contributed by atoms with Crippen molar-refractivity contribution in [3.8, 4) is 0 Å². The minimum Gasteiger partial charge on any atom is -0.375 e. The summed E-state index contributed by atoms with van der Waals surface area (Å²) in [5.41, 5.74) is 3.36. The van der Waals surface area contributed by atoms with Crippen molar-refractivity contribution in [2.75, 3.05) is 31.6 Å². The third-order valence-corrected chi connectivity index (χ3v) is 5.78. The monoisotopic (exact) mass is 437 g/mol. The van der Waals surface area contributed by atoms with Gasteiger partial charge in [-0.05, 0) is 62.2 Å². The van der Waals surface area contributed by atoms with Gasteiger partial charge < -0.3 is 19.9 Å². The maximum atomic E-state index is 12.8. The lowest BCUT2D eigenvalue weighted by atomic mass is 10.1. The van der Waals surface area contributed by atoms with Crippen LogP contribution in [-0.4, -0.2) is 55.6 Å². The summed E-state index contributed by atoms with van der Waals surface area (Å²) < 4.78 is 5.71. The average Bonchev–Trinajstić information content (AvgIpc) is 2.80. The van der Waals surface area contributed by atoms with E-state index in [9.17, 15) is 9.59 Å². The van der Waals surface area contributed by atoms with Gasteiger partial charge in [-0.1, -0.05) is 25.5 Å². The van der Waals surface area contributed by atoms with Gasteiger partial charge in [-0.15, -0.1) is 0 Å². The Hall–Kier alpha value is -2.86. The molecule has 172 valence electrons. The molecule has 0 radical (unpaired) electrons. The molecule has 2 unspecified atom stereocenters. The first-order valence-corrected chi connectivity index (χ1v) is 11.5. The zero-order chi connectivity index (χ0) is 23.1. The van der Waals surface area contributed by atoms with Crippen LogP contribution in [0.1, 0.15) is 59.9 Å². The van der Waals surface area contributed by atoms with E-state index in [0.29, 0.717) is 30.8 Å². The molecule has 2 atom stereocenters. The van der Waals surface area contributed by atoms with Crippen molar-refractivity contribution in [3.63, 3.8) is 0 Å². The Labute approximate surface area is 191 Å². The number of nitrogens with one attached hydrogen (secondary N) is 1. The molecule has 2 amide bonds. The normalized spacial score (nSPS) is 18.3. The van der Waals surface area contributed by atoms with E-state index in [-0.39, 0.29) is 24.0 Å². The van der Waals surface area contributed by atoms with Crippen molar-refractivity contribution in [3.05, 3.63) is 65.2 Å². The first kappa shape index (κ1) is 23.8. The third-order valence-electron chi connectivity index (χ3n) is 5.78. The number of hydrogen-bond donors (Lipinski definition) is 1. The highest BCUT2D eigenvalue weighted by Gasteiger charge is 2.26. The molecule has 0 bridgehead atoms. The van der Waals surface area contributed by atoms with Crippen LogP contribution in [0.5, 0.6) is 0 Å². The molecule has 1 saturated heterocycles. The van der Waals surface area contributed by atoms with E-state index in [1.165, 1.54) is 0 Å². The van der Waals surface area contributed by atoms with E-state index in [1.54, 1.807) is 0 Å². The Bertz CT molecular complexity index is 886. The molecule has 2 aromatic rings. The molecule has 1 aliphatic heterocycles. The van der Waals surface area contributed by atoms with Gasteiger partial charge in [0.2, 0.25) is 0 Å². The number of ether oxygens (including phenoxy) is 1. The number of anilines is 1. The molecule has 32 heavy (non-hydrogen) atoms. The first-order chi connectivity index (χ1) is 15.4. The first-order valence-electron chi connectivity index (χ1n) is 11.5. The van der Waals surface area contributed by atoms with Gasteiger partial charge >= 0.3 is 0 Å². The minimum atomic E-state index is -0.107. The Kier molecular flexibility index (Phi) is 8.28. The number of rotatable bonds is 8. The topological polar surface area (TPSA) is 61.9 Å². The summed E-state index contributed by atoms with van der Waals surface area (Å²) in [6, 6.07) is 15.1. The van der Waals surface area contributed by atoms with Crippen LogP contribution in [0, 0.1) is 0 Å². The van der Waals surface area contributed by atoms with Gasteiger partial charge in [0.1, 0.15) is 0 Å². The molecule has 1 fully saturated rings. The summed E-state index contributed by atoms with van der Waals surface area (Å²) in [7, 11) is 2.07. The standard InChI is InChI=1S/C26H35N3O3/c1-5-6-15-28(4)24-13-11-22(12-14-24)25(30)27-16-21-7-9-23(10-8-21)26(31)29-17-19(2)32-20(3)18-29/h7-14,19-20H,5-6,15-18H2,1-4H3,(H,27,30). The molecule has 3 rings (SSSR count). The largest absolute Gasteiger partial charge is 0.375 e. The second-order valence-corrected chi connectivity index (χ2v) is 8.67. The van der Waals surface area contributed by atoms with Crippen molar-refractivity contribution in [1.82, 2.24) is 10.2 Å². The molecule has 0 aromatic heterocycles. The molecule has 0 saturated carbocycles. The Morgan fingerprint density at radius 3 is 2.19 bits per heavy atom. The summed E-state index contributed by atoms with van der Waals surface area (Å²) >= 11 is 0. The molecule has 6 heteroatoms. The average molecular weight is 438 g/mol. The highest BCUT2D eigenvalue weighted by Crippen LogP contribution is 2.16. The summed E-state index contributed by atoms with van der Waals surface area (Å²) in [6.07, 6.45) is 2.39. The summed E-state index contributed by atoms with van der Waals surface area (Å²) in [5.74, 6) is -0.0872. The lowest BCUT2D eigenvalue weighted by Crippen LogP contribution is -2.48. The van der Waals surface area contributed by atoms with Crippen molar-refractivity contribution in [2.45, 2.75) is 52.4 Å². The van der Waals surface area contributed by atoms with Gasteiger partial charge in [0.25, 0.3) is 11.8 Å². The van der Waals surface area contributed by atoms with E-state index in [0.717, 1.165) is 30.6 Å². The number of unbranched alkanes of at least 4 members (excludes halogenated alkanes) is 1. The summed E-state index contributed by atoms with van der Waals surface area (Å²) in [4.78, 5) is 29.3. The fourth-order valence-electron chi connectivity index (χ4n) is 3.97. The van der Waals surface area contributed by atoms with Crippen molar-refractivity contribution in [2.24, 2.45) is 0 Å². The van der Waals surface area contributed by atoms with E-state index in [2.05, 4.69) is 24.2 Å². The highest BCUT2D eigenvalue weighted by atomic mass is 16.5. The number of hydrogen-bond acceptors (Lipinski definition) is 4. The predicted octanol–water partition coefficient (Wildman–Crippen LogP) is 4.10. The zero-order valence-corrected chi connectivity index (χ0v) is 19.6. The quantitative estimate of drug-likeness (QED) is 0.675. The minimum absolute atomic E-state index is 0.0200. The number of nitrogens with zero attached hydrogens (tertiary/aromatic N) is 2. The second kappa shape index (κ2) is 11.1. The number of carbonyl (C=O) groups is 2. The number of morpholine rings is 1. The van der Waals surface area contributed by atoms with Crippen LogP contribution in [0.15, 0.2) is 48.5 Å². The van der Waals surface area contributed by atoms with Crippen LogP contribution < -0.4 is 10.2 Å². The zero-order valence-electron chi connectivity index (χ0n) is 19.6. The van der Waals surface area contributed by atoms with Crippen LogP contribution in [0.2, 0.25) is 0 Å². The molecule has 1 heterocycles. The SMILES string of the molecule is CCCCN(C)c1ccc(C(=O)NCc2ccc(C(=O)N3CC(C)OC(C)C3)cc2)cc1. The molecule has 1 N–H and O–H groups in total. The van der Waals surface area contributed by atoms with Crippen LogP contribution >= 0.6 is 0 Å². The fourth-order valence-corrected chi connectivity index (χ4v) is 3.97. The van der Waals surface area contributed by atoms with Gasteiger partial charge in [0.05, 0.1) is 12.2 Å². The molecule has 6 nitrogen and oxygen atoms in total. The van der Waals surface area contributed by atoms with E-state index in [1.807, 2.05) is 67.3 Å². The lowest BCUT2D eigenvalue weighted by molar-refractivity contribution is -0.0586. The van der Waals surface area contributed by atoms with Gasteiger partial charge in [-0.2, -0.15) is 0 Å². The van der Waals surface area contributed by atoms with Crippen molar-refractivity contribution in [1.29, 1.82) is 0 Å². The second-order valence-electron chi connectivity index (χ2n) is 8.67. The van der Waals surface area contributed by atoms with Crippen LogP contribution in [-0.2, 0) is 11.3 Å². The highest BCUT2D eigenvalue weighted by molar-refractivity contribution is 5.95. The smallest absolute Gasteiger partial charge is 0.254 e. The number of carbonyl (C=O) groups excluding carboxylic acids is 2. The van der Waals surface area contributed by atoms with Crippen molar-refractivity contribution < 1.29 is 14.3 Å². The Morgan fingerprint density at radius 1 is 1.00 bits per heavy atom. The predicted molar refractivity (Wildman–Crippen MR) is 128 cm³/mol. The third kappa shape index (κ3) is 6.33. The molecule has 0 aliphatic carbocycles. The van der Waals surface area contributed by atoms with Gasteiger partial charge in [-0.25, -0.2) is 0 Å². The Balaban J connectivity index is 1.52. The van der Waals surface area contributed by atoms with Crippen LogP contribution in [0.4, 0.5) is 5.69 Å². The van der Waals surface area contributed by atoms with E-state index < -0.39 is 0 Å². The van der Waals surface area contributed by atoms with Crippen LogP contribution in [0.3, 0.4) is 0 Å². The Morgan fingerprint density at radius 2 is 1.59 bits per heavy atom. The molecule has 1 aliphatic rings. The van der Waals surface area contributed by atoms with Crippen molar-refractivity contribution >= 4 is 17.5 Å². The number of benzene rings is 2. The summed E-state index contributed by atoms with van der Waals surface area (Å²) in [5, 5.41) is 2.96. The van der Waals surface area contributed by atoms with Gasteiger partial charge in [-0.3, -0.25) is 9.59 Å². The molecular formula is C26H35N3O3. The fraction of sp³-hybridized carbons (Fsp3) is 0.462. The summed E-state index contributed by atoms with van der Waals surface area (Å²) in [6.45, 7) is 8.78.